The third kappa shape index (κ3) is 4.43. The van der Waals surface area contributed by atoms with Crippen LogP contribution in [-0.4, -0.2) is 43.4 Å². The smallest absolute Gasteiger partial charge is 0.233 e. The van der Waals surface area contributed by atoms with E-state index in [1.54, 1.807) is 0 Å². The lowest BCUT2D eigenvalue weighted by Crippen LogP contribution is -2.46. The van der Waals surface area contributed by atoms with E-state index in [2.05, 4.69) is 30.9 Å². The maximum absolute atomic E-state index is 13.0. The predicted molar refractivity (Wildman–Crippen MR) is 113 cm³/mol. The van der Waals surface area contributed by atoms with Gasteiger partial charge in [-0.15, -0.1) is 5.10 Å². The van der Waals surface area contributed by atoms with Crippen LogP contribution in [0.1, 0.15) is 70.5 Å². The normalized spacial score (nSPS) is 17.8. The van der Waals surface area contributed by atoms with Crippen molar-refractivity contribution in [3.8, 4) is 5.69 Å². The zero-order chi connectivity index (χ0) is 19.5. The van der Waals surface area contributed by atoms with Crippen LogP contribution >= 0.6 is 11.8 Å². The van der Waals surface area contributed by atoms with Crippen molar-refractivity contribution < 1.29 is 4.79 Å². The van der Waals surface area contributed by atoms with Crippen molar-refractivity contribution in [2.75, 3.05) is 5.75 Å². The summed E-state index contributed by atoms with van der Waals surface area (Å²) in [6.45, 7) is 4.26. The Hall–Kier alpha value is -1.82. The van der Waals surface area contributed by atoms with Crippen molar-refractivity contribution in [1.82, 2.24) is 19.7 Å². The molecular formula is C22H30N4OS. The highest BCUT2D eigenvalue weighted by atomic mass is 32.2. The summed E-state index contributed by atoms with van der Waals surface area (Å²) in [4.78, 5) is 19.9. The summed E-state index contributed by atoms with van der Waals surface area (Å²) in [7, 11) is 0. The Balaban J connectivity index is 1.46. The maximum atomic E-state index is 13.0. The van der Waals surface area contributed by atoms with Crippen LogP contribution < -0.4 is 0 Å². The van der Waals surface area contributed by atoms with E-state index in [4.69, 9.17) is 10.1 Å². The molecule has 0 radical (unpaired) electrons. The van der Waals surface area contributed by atoms with Gasteiger partial charge in [0.25, 0.3) is 0 Å². The van der Waals surface area contributed by atoms with Gasteiger partial charge in [-0.2, -0.15) is 0 Å². The van der Waals surface area contributed by atoms with Gasteiger partial charge in [0.15, 0.2) is 0 Å². The number of nitrogens with zero attached hydrogens (tertiary/aromatic N) is 4. The average Bonchev–Trinajstić information content (AvgIpc) is 3.47. The van der Waals surface area contributed by atoms with Crippen molar-refractivity contribution in [1.29, 1.82) is 0 Å². The average molecular weight is 399 g/mol. The van der Waals surface area contributed by atoms with E-state index in [-0.39, 0.29) is 11.9 Å². The van der Waals surface area contributed by atoms with Crippen LogP contribution in [0.3, 0.4) is 0 Å². The van der Waals surface area contributed by atoms with E-state index in [0.29, 0.717) is 22.9 Å². The number of hydrogen-bond acceptors (Lipinski definition) is 4. The summed E-state index contributed by atoms with van der Waals surface area (Å²) in [6.07, 6.45) is 8.41. The van der Waals surface area contributed by atoms with Crippen molar-refractivity contribution in [2.24, 2.45) is 0 Å². The summed E-state index contributed by atoms with van der Waals surface area (Å²) in [6, 6.07) is 10.8. The second kappa shape index (κ2) is 8.68. The van der Waals surface area contributed by atoms with Gasteiger partial charge in [0, 0.05) is 18.0 Å². The Morgan fingerprint density at radius 1 is 1.14 bits per heavy atom. The second-order valence-corrected chi connectivity index (χ2v) is 9.19. The van der Waals surface area contributed by atoms with Crippen LogP contribution in [0.15, 0.2) is 35.5 Å². The highest BCUT2D eigenvalue weighted by Gasteiger charge is 2.31. The molecule has 0 saturated heterocycles. The quantitative estimate of drug-likeness (QED) is 0.628. The van der Waals surface area contributed by atoms with Crippen LogP contribution in [0, 0.1) is 0 Å². The molecule has 150 valence electrons. The minimum atomic E-state index is 0.218. The largest absolute Gasteiger partial charge is 0.337 e. The van der Waals surface area contributed by atoms with Gasteiger partial charge < -0.3 is 4.90 Å². The van der Waals surface area contributed by atoms with Crippen molar-refractivity contribution >= 4 is 17.7 Å². The Kier molecular flexibility index (Phi) is 6.04. The lowest BCUT2D eigenvalue weighted by atomic mass is 9.93. The van der Waals surface area contributed by atoms with Crippen molar-refractivity contribution in [3.05, 3.63) is 36.2 Å². The number of para-hydroxylation sites is 1. The van der Waals surface area contributed by atoms with Crippen LogP contribution in [0.2, 0.25) is 0 Å². The first-order chi connectivity index (χ1) is 13.6. The summed E-state index contributed by atoms with van der Waals surface area (Å²) in [5.41, 5.74) is 1.04. The molecule has 0 N–H and O–H groups in total. The van der Waals surface area contributed by atoms with Crippen molar-refractivity contribution in [2.45, 2.75) is 82.0 Å². The number of carbonyl (C=O) groups is 1. The molecule has 0 spiro atoms. The Bertz CT molecular complexity index is 794. The van der Waals surface area contributed by atoms with Gasteiger partial charge >= 0.3 is 0 Å². The first-order valence-electron chi connectivity index (χ1n) is 10.6. The third-order valence-electron chi connectivity index (χ3n) is 5.69. The summed E-state index contributed by atoms with van der Waals surface area (Å²) in [5, 5.41) is 5.44. The molecule has 1 heterocycles. The zero-order valence-electron chi connectivity index (χ0n) is 16.9. The summed E-state index contributed by atoms with van der Waals surface area (Å²) < 4.78 is 1.96. The van der Waals surface area contributed by atoms with E-state index >= 15 is 0 Å². The number of benzene rings is 1. The Labute approximate surface area is 171 Å². The number of thioether (sulfide) groups is 1. The predicted octanol–water partition coefficient (Wildman–Crippen LogP) is 4.81. The molecule has 2 aromatic rings. The van der Waals surface area contributed by atoms with Gasteiger partial charge in [-0.1, -0.05) is 49.2 Å². The molecule has 28 heavy (non-hydrogen) atoms. The first kappa shape index (κ1) is 19.5. The SMILES string of the molecule is CC(C)N(C(=O)CSc1nc(C2CC2)n(-c2ccccc2)n1)C1CCCCC1. The van der Waals surface area contributed by atoms with E-state index in [0.717, 1.165) is 24.4 Å². The molecule has 0 atom stereocenters. The molecule has 2 fully saturated rings. The zero-order valence-corrected chi connectivity index (χ0v) is 17.7. The molecule has 2 saturated carbocycles. The summed E-state index contributed by atoms with van der Waals surface area (Å²) in [5.74, 6) is 2.18. The van der Waals surface area contributed by atoms with Gasteiger partial charge in [0.1, 0.15) is 5.82 Å². The van der Waals surface area contributed by atoms with Crippen molar-refractivity contribution in [3.63, 3.8) is 0 Å². The fourth-order valence-corrected chi connectivity index (χ4v) is 4.90. The summed E-state index contributed by atoms with van der Waals surface area (Å²) >= 11 is 1.48. The fraction of sp³-hybridized carbons (Fsp3) is 0.591. The molecule has 2 aliphatic carbocycles. The topological polar surface area (TPSA) is 51.0 Å². The minimum absolute atomic E-state index is 0.218. The molecular weight excluding hydrogens is 368 g/mol. The van der Waals surface area contributed by atoms with E-state index < -0.39 is 0 Å². The van der Waals surface area contributed by atoms with Crippen LogP contribution in [0.25, 0.3) is 5.69 Å². The maximum Gasteiger partial charge on any atom is 0.233 e. The molecule has 2 aliphatic rings. The number of amides is 1. The molecule has 1 aromatic carbocycles. The number of hydrogen-bond donors (Lipinski definition) is 0. The molecule has 1 aromatic heterocycles. The number of carbonyl (C=O) groups excluding carboxylic acids is 1. The molecule has 0 aliphatic heterocycles. The van der Waals surface area contributed by atoms with Crippen LogP contribution in [0.4, 0.5) is 0 Å². The standard InChI is InChI=1S/C22H30N4OS/c1-16(2)25(18-9-5-3-6-10-18)20(27)15-28-22-23-21(17-13-14-17)26(24-22)19-11-7-4-8-12-19/h4,7-8,11-12,16-18H,3,5-6,9-10,13-15H2,1-2H3. The molecule has 0 bridgehead atoms. The van der Waals surface area contributed by atoms with E-state index in [9.17, 15) is 4.79 Å². The minimum Gasteiger partial charge on any atom is -0.337 e. The second-order valence-electron chi connectivity index (χ2n) is 8.25. The monoisotopic (exact) mass is 398 g/mol. The highest BCUT2D eigenvalue weighted by molar-refractivity contribution is 7.99. The molecule has 4 rings (SSSR count). The molecule has 6 heteroatoms. The highest BCUT2D eigenvalue weighted by Crippen LogP contribution is 2.40. The molecule has 5 nitrogen and oxygen atoms in total. The van der Waals surface area contributed by atoms with Crippen LogP contribution in [-0.2, 0) is 4.79 Å². The van der Waals surface area contributed by atoms with Gasteiger partial charge in [0.05, 0.1) is 11.4 Å². The van der Waals surface area contributed by atoms with Gasteiger partial charge in [-0.05, 0) is 51.7 Å². The third-order valence-corrected chi connectivity index (χ3v) is 6.52. The molecule has 0 unspecified atom stereocenters. The first-order valence-corrected chi connectivity index (χ1v) is 11.6. The van der Waals surface area contributed by atoms with E-state index in [1.807, 2.05) is 22.9 Å². The van der Waals surface area contributed by atoms with E-state index in [1.165, 1.54) is 43.9 Å². The lowest BCUT2D eigenvalue weighted by molar-refractivity contribution is -0.133. The van der Waals surface area contributed by atoms with Gasteiger partial charge in [0.2, 0.25) is 11.1 Å². The molecule has 1 amide bonds. The lowest BCUT2D eigenvalue weighted by Gasteiger charge is -2.37. The Morgan fingerprint density at radius 2 is 1.86 bits per heavy atom. The number of aromatic nitrogens is 3. The van der Waals surface area contributed by atoms with Gasteiger partial charge in [-0.25, -0.2) is 9.67 Å². The van der Waals surface area contributed by atoms with Crippen LogP contribution in [0.5, 0.6) is 0 Å². The fourth-order valence-electron chi connectivity index (χ4n) is 4.20. The number of rotatable bonds is 7. The Morgan fingerprint density at radius 3 is 2.50 bits per heavy atom. The van der Waals surface area contributed by atoms with Gasteiger partial charge in [-0.3, -0.25) is 4.79 Å².